The quantitative estimate of drug-likeness (QED) is 0.652. The van der Waals surface area contributed by atoms with E-state index in [1.54, 1.807) is 13.0 Å². The first kappa shape index (κ1) is 10.9. The predicted molar refractivity (Wildman–Crippen MR) is 59.6 cm³/mol. The lowest BCUT2D eigenvalue weighted by Crippen LogP contribution is -2.44. The van der Waals surface area contributed by atoms with E-state index in [9.17, 15) is 4.79 Å². The Labute approximate surface area is 91.7 Å². The molecule has 0 radical (unpaired) electrons. The second kappa shape index (κ2) is 3.18. The third kappa shape index (κ3) is 1.46. The molecule has 0 aromatic heterocycles. The number of allylic oxidation sites excluding steroid dienone is 1. The van der Waals surface area contributed by atoms with Gasteiger partial charge in [-0.25, -0.2) is 0 Å². The molecule has 0 N–H and O–H groups in total. The molecule has 84 valence electrons. The molecule has 0 unspecified atom stereocenters. The first-order valence-electron chi connectivity index (χ1n) is 5.75. The molecule has 0 amide bonds. The van der Waals surface area contributed by atoms with Crippen LogP contribution in [0.25, 0.3) is 0 Å². The maximum absolute atomic E-state index is 11.0. The van der Waals surface area contributed by atoms with Crippen LogP contribution in [0.3, 0.4) is 0 Å². The Hall–Kier alpha value is -0.630. The van der Waals surface area contributed by atoms with Crippen LogP contribution in [-0.4, -0.2) is 17.5 Å². The standard InChI is InChI=1S/C13H20O2/c1-9-7-11-8-12(3,4)13(9,15-11)6-5-10(2)14/h5-6,9,11H,7-8H2,1-4H3/b6-5+/t9-,11-,13+/m1/s1. The van der Waals surface area contributed by atoms with Crippen LogP contribution in [0.1, 0.15) is 40.5 Å². The van der Waals surface area contributed by atoms with E-state index in [1.807, 2.05) is 6.08 Å². The lowest BCUT2D eigenvalue weighted by atomic mass is 9.63. The molecule has 0 saturated carbocycles. The van der Waals surface area contributed by atoms with Crippen LogP contribution in [-0.2, 0) is 9.53 Å². The fourth-order valence-corrected chi connectivity index (χ4v) is 3.36. The number of fused-ring (bicyclic) bond motifs is 2. The van der Waals surface area contributed by atoms with Crippen molar-refractivity contribution in [3.63, 3.8) is 0 Å². The molecule has 0 aromatic carbocycles. The number of rotatable bonds is 2. The maximum Gasteiger partial charge on any atom is 0.152 e. The number of hydrogen-bond donors (Lipinski definition) is 0. The van der Waals surface area contributed by atoms with Crippen LogP contribution in [0.15, 0.2) is 12.2 Å². The minimum Gasteiger partial charge on any atom is -0.367 e. The summed E-state index contributed by atoms with van der Waals surface area (Å²) in [5.41, 5.74) is -0.0510. The van der Waals surface area contributed by atoms with Gasteiger partial charge in [0.2, 0.25) is 0 Å². The summed E-state index contributed by atoms with van der Waals surface area (Å²) < 4.78 is 6.10. The summed E-state index contributed by atoms with van der Waals surface area (Å²) in [5, 5.41) is 0. The molecule has 2 bridgehead atoms. The fourth-order valence-electron chi connectivity index (χ4n) is 3.36. The van der Waals surface area contributed by atoms with Crippen molar-refractivity contribution in [3.05, 3.63) is 12.2 Å². The van der Waals surface area contributed by atoms with E-state index < -0.39 is 0 Å². The van der Waals surface area contributed by atoms with Gasteiger partial charge in [0.25, 0.3) is 0 Å². The Bertz CT molecular complexity index is 316. The summed E-state index contributed by atoms with van der Waals surface area (Å²) in [4.78, 5) is 11.0. The molecule has 2 aliphatic rings. The number of ether oxygens (including phenoxy) is 1. The highest BCUT2D eigenvalue weighted by Gasteiger charge is 2.60. The molecule has 0 aromatic rings. The highest BCUT2D eigenvalue weighted by Crippen LogP contribution is 2.58. The smallest absolute Gasteiger partial charge is 0.152 e. The molecule has 0 spiro atoms. The number of carbonyl (C=O) groups is 1. The summed E-state index contributed by atoms with van der Waals surface area (Å²) >= 11 is 0. The van der Waals surface area contributed by atoms with Gasteiger partial charge in [0.05, 0.1) is 11.7 Å². The van der Waals surface area contributed by atoms with Gasteiger partial charge in [0.1, 0.15) is 0 Å². The van der Waals surface area contributed by atoms with E-state index in [-0.39, 0.29) is 16.8 Å². The molecule has 3 atom stereocenters. The van der Waals surface area contributed by atoms with Gasteiger partial charge < -0.3 is 4.74 Å². The van der Waals surface area contributed by atoms with Crippen molar-refractivity contribution in [2.45, 2.75) is 52.2 Å². The minimum absolute atomic E-state index is 0.103. The van der Waals surface area contributed by atoms with Crippen LogP contribution < -0.4 is 0 Å². The Kier molecular flexibility index (Phi) is 2.30. The average molecular weight is 208 g/mol. The zero-order valence-corrected chi connectivity index (χ0v) is 10.0. The van der Waals surface area contributed by atoms with Gasteiger partial charge in [0.15, 0.2) is 5.78 Å². The molecule has 2 aliphatic heterocycles. The number of carbonyl (C=O) groups excluding carboxylic acids is 1. The van der Waals surface area contributed by atoms with E-state index >= 15 is 0 Å². The molecule has 2 heterocycles. The van der Waals surface area contributed by atoms with Crippen molar-refractivity contribution < 1.29 is 9.53 Å². The molecule has 2 nitrogen and oxygen atoms in total. The zero-order chi connectivity index (χ0) is 11.3. The first-order chi connectivity index (χ1) is 6.87. The van der Waals surface area contributed by atoms with Gasteiger partial charge in [-0.1, -0.05) is 20.8 Å². The van der Waals surface area contributed by atoms with E-state index in [0.29, 0.717) is 12.0 Å². The van der Waals surface area contributed by atoms with Crippen LogP contribution in [0.4, 0.5) is 0 Å². The van der Waals surface area contributed by atoms with E-state index in [2.05, 4.69) is 20.8 Å². The van der Waals surface area contributed by atoms with E-state index in [4.69, 9.17) is 4.74 Å². The third-order valence-corrected chi connectivity index (χ3v) is 4.07. The van der Waals surface area contributed by atoms with Crippen LogP contribution in [0.2, 0.25) is 0 Å². The summed E-state index contributed by atoms with van der Waals surface area (Å²) in [6.07, 6.45) is 6.32. The summed E-state index contributed by atoms with van der Waals surface area (Å²) in [5.74, 6) is 0.619. The number of hydrogen-bond acceptors (Lipinski definition) is 2. The van der Waals surface area contributed by atoms with Crippen LogP contribution >= 0.6 is 0 Å². The van der Waals surface area contributed by atoms with Gasteiger partial charge in [-0.15, -0.1) is 0 Å². The van der Waals surface area contributed by atoms with Gasteiger partial charge in [-0.3, -0.25) is 4.79 Å². The first-order valence-corrected chi connectivity index (χ1v) is 5.75. The van der Waals surface area contributed by atoms with Crippen molar-refractivity contribution >= 4 is 5.78 Å². The number of ketones is 1. The van der Waals surface area contributed by atoms with Crippen molar-refractivity contribution in [3.8, 4) is 0 Å². The summed E-state index contributed by atoms with van der Waals surface area (Å²) in [6, 6.07) is 0. The second-order valence-electron chi connectivity index (χ2n) is 5.70. The Morgan fingerprint density at radius 2 is 2.13 bits per heavy atom. The highest BCUT2D eigenvalue weighted by molar-refractivity contribution is 5.87. The SMILES string of the molecule is CC(=O)/C=C/[C@]12O[C@H](C[C@H]1C)CC2(C)C. The molecular weight excluding hydrogens is 188 g/mol. The molecule has 2 fully saturated rings. The fraction of sp³-hybridized carbons (Fsp3) is 0.769. The van der Waals surface area contributed by atoms with Gasteiger partial charge in [-0.05, 0) is 37.8 Å². The lowest BCUT2D eigenvalue weighted by molar-refractivity contribution is -0.112. The van der Waals surface area contributed by atoms with E-state index in [1.165, 1.54) is 0 Å². The van der Waals surface area contributed by atoms with Crippen molar-refractivity contribution in [2.75, 3.05) is 0 Å². The molecule has 2 rings (SSSR count). The molecule has 0 aliphatic carbocycles. The van der Waals surface area contributed by atoms with Crippen molar-refractivity contribution in [1.82, 2.24) is 0 Å². The molecule has 2 saturated heterocycles. The average Bonchev–Trinajstić information content (AvgIpc) is 2.50. The molecular formula is C13H20O2. The van der Waals surface area contributed by atoms with Crippen molar-refractivity contribution in [1.29, 1.82) is 0 Å². The van der Waals surface area contributed by atoms with Gasteiger partial charge in [-0.2, -0.15) is 0 Å². The van der Waals surface area contributed by atoms with Crippen LogP contribution in [0.5, 0.6) is 0 Å². The van der Waals surface area contributed by atoms with Crippen molar-refractivity contribution in [2.24, 2.45) is 11.3 Å². The lowest BCUT2D eigenvalue weighted by Gasteiger charge is -2.41. The Morgan fingerprint density at radius 1 is 1.47 bits per heavy atom. The predicted octanol–water partition coefficient (Wildman–Crippen LogP) is 2.73. The third-order valence-electron chi connectivity index (χ3n) is 4.07. The normalized spacial score (nSPS) is 42.7. The maximum atomic E-state index is 11.0. The Morgan fingerprint density at radius 3 is 2.60 bits per heavy atom. The summed E-state index contributed by atoms with van der Waals surface area (Å²) in [6.45, 7) is 8.30. The second-order valence-corrected chi connectivity index (χ2v) is 5.70. The zero-order valence-electron chi connectivity index (χ0n) is 10.0. The largest absolute Gasteiger partial charge is 0.367 e. The summed E-state index contributed by atoms with van der Waals surface area (Å²) in [7, 11) is 0. The van der Waals surface area contributed by atoms with Gasteiger partial charge >= 0.3 is 0 Å². The molecule has 2 heteroatoms. The molecule has 15 heavy (non-hydrogen) atoms. The topological polar surface area (TPSA) is 26.3 Å². The minimum atomic E-state index is -0.205. The van der Waals surface area contributed by atoms with E-state index in [0.717, 1.165) is 12.8 Å². The van der Waals surface area contributed by atoms with Crippen LogP contribution in [0, 0.1) is 11.3 Å². The monoisotopic (exact) mass is 208 g/mol. The Balaban J connectivity index is 2.33. The van der Waals surface area contributed by atoms with Gasteiger partial charge in [0, 0.05) is 5.41 Å². The highest BCUT2D eigenvalue weighted by atomic mass is 16.5.